The molecule has 0 aliphatic carbocycles. The van der Waals surface area contributed by atoms with Crippen LogP contribution in [0.3, 0.4) is 0 Å². The summed E-state index contributed by atoms with van der Waals surface area (Å²) in [5, 5.41) is 1.75. The lowest BCUT2D eigenvalue weighted by Crippen LogP contribution is -2.32. The summed E-state index contributed by atoms with van der Waals surface area (Å²) in [6.07, 6.45) is -2.15. The highest BCUT2D eigenvalue weighted by Crippen LogP contribution is 2.25. The summed E-state index contributed by atoms with van der Waals surface area (Å²) in [5.41, 5.74) is 2.20. The Morgan fingerprint density at radius 3 is 2.33 bits per heavy atom. The molecule has 5 nitrogen and oxygen atoms in total. The van der Waals surface area contributed by atoms with Crippen molar-refractivity contribution < 1.29 is 27.5 Å². The molecule has 1 rings (SSSR count). The lowest BCUT2D eigenvalue weighted by molar-refractivity contribution is -0.135. The van der Waals surface area contributed by atoms with E-state index in [0.29, 0.717) is 23.4 Å². The second kappa shape index (κ2) is 8.03. The number of hydrogen-bond donors (Lipinski definition) is 1. The number of nitrogens with one attached hydrogen (secondary N) is 1. The molecule has 1 N–H and O–H groups in total. The first-order valence-electron chi connectivity index (χ1n) is 7.51. The molecule has 1 aromatic rings. The van der Waals surface area contributed by atoms with Crippen LogP contribution in [0.15, 0.2) is 6.08 Å². The minimum absolute atomic E-state index is 0.198. The van der Waals surface area contributed by atoms with Gasteiger partial charge < -0.3 is 14.6 Å². The molecule has 0 aromatic carbocycles. The molecule has 0 saturated heterocycles. The third kappa shape index (κ3) is 4.87. The average molecular weight is 346 g/mol. The van der Waals surface area contributed by atoms with Gasteiger partial charge in [0.25, 0.3) is 0 Å². The predicted molar refractivity (Wildman–Crippen MR) is 83.6 cm³/mol. The molecular weight excluding hydrogens is 325 g/mol. The zero-order chi connectivity index (χ0) is 18.5. The van der Waals surface area contributed by atoms with E-state index in [1.165, 1.54) is 6.08 Å². The summed E-state index contributed by atoms with van der Waals surface area (Å²) in [7, 11) is 0. The maximum Gasteiger partial charge on any atom is 0.405 e. The number of carbonyl (C=O) groups excluding carboxylic acids is 2. The van der Waals surface area contributed by atoms with Crippen LogP contribution in [0.25, 0.3) is 6.08 Å². The zero-order valence-electron chi connectivity index (χ0n) is 14.1. The van der Waals surface area contributed by atoms with Crippen LogP contribution in [0.1, 0.15) is 41.2 Å². The van der Waals surface area contributed by atoms with Gasteiger partial charge in [-0.3, -0.25) is 4.79 Å². The Bertz CT molecular complexity index is 646. The summed E-state index contributed by atoms with van der Waals surface area (Å²) >= 11 is 0. The standard InChI is InChI=1S/C16H21F3N2O3/c1-5-21-10(3)12(14(11(21)4)15(23)24-6-2)7-8-13(22)20-9-16(17,18)19/h7-8H,5-6,9H2,1-4H3,(H,20,22)/b8-7+. The molecule has 1 amide bonds. The molecule has 1 heterocycles. The first-order valence-corrected chi connectivity index (χ1v) is 7.51. The minimum Gasteiger partial charge on any atom is -0.462 e. The summed E-state index contributed by atoms with van der Waals surface area (Å²) in [6, 6.07) is 0. The number of amides is 1. The Kier molecular flexibility index (Phi) is 6.62. The molecule has 0 atom stereocenters. The van der Waals surface area contributed by atoms with E-state index in [9.17, 15) is 22.8 Å². The van der Waals surface area contributed by atoms with Gasteiger partial charge in [-0.2, -0.15) is 13.2 Å². The van der Waals surface area contributed by atoms with Crippen molar-refractivity contribution in [3.8, 4) is 0 Å². The van der Waals surface area contributed by atoms with Crippen molar-refractivity contribution in [3.05, 3.63) is 28.6 Å². The molecule has 0 spiro atoms. The highest BCUT2D eigenvalue weighted by molar-refractivity contribution is 5.98. The molecule has 0 fully saturated rings. The van der Waals surface area contributed by atoms with Gasteiger partial charge in [0, 0.05) is 29.6 Å². The molecule has 0 unspecified atom stereocenters. The fraction of sp³-hybridized carbons (Fsp3) is 0.500. The molecule has 8 heteroatoms. The molecule has 1 aromatic heterocycles. The lowest BCUT2D eigenvalue weighted by Gasteiger charge is -2.06. The van der Waals surface area contributed by atoms with E-state index in [0.717, 1.165) is 11.8 Å². The smallest absolute Gasteiger partial charge is 0.405 e. The monoisotopic (exact) mass is 346 g/mol. The number of alkyl halides is 3. The van der Waals surface area contributed by atoms with Crippen molar-refractivity contribution >= 4 is 18.0 Å². The van der Waals surface area contributed by atoms with Crippen LogP contribution < -0.4 is 5.32 Å². The number of carbonyl (C=O) groups is 2. The third-order valence-electron chi connectivity index (χ3n) is 3.49. The van der Waals surface area contributed by atoms with Crippen molar-refractivity contribution in [2.45, 2.75) is 40.4 Å². The number of rotatable bonds is 6. The van der Waals surface area contributed by atoms with Gasteiger partial charge in [0.05, 0.1) is 12.2 Å². The van der Waals surface area contributed by atoms with Crippen molar-refractivity contribution in [3.63, 3.8) is 0 Å². The molecule has 0 bridgehead atoms. The Morgan fingerprint density at radius 1 is 1.21 bits per heavy atom. The predicted octanol–water partition coefficient (Wildman–Crippen LogP) is 2.99. The number of hydrogen-bond acceptors (Lipinski definition) is 3. The summed E-state index contributed by atoms with van der Waals surface area (Å²) in [4.78, 5) is 23.7. The van der Waals surface area contributed by atoms with Crippen LogP contribution in [-0.2, 0) is 16.1 Å². The molecule has 0 saturated carbocycles. The van der Waals surface area contributed by atoms with Gasteiger partial charge in [-0.25, -0.2) is 4.79 Å². The Hall–Kier alpha value is -2.25. The van der Waals surface area contributed by atoms with Crippen LogP contribution in [0, 0.1) is 13.8 Å². The number of halogens is 3. The van der Waals surface area contributed by atoms with E-state index >= 15 is 0 Å². The van der Waals surface area contributed by atoms with E-state index < -0.39 is 24.6 Å². The van der Waals surface area contributed by atoms with Gasteiger partial charge in [-0.15, -0.1) is 0 Å². The second-order valence-electron chi connectivity index (χ2n) is 5.09. The van der Waals surface area contributed by atoms with Crippen LogP contribution in [0.2, 0.25) is 0 Å². The summed E-state index contributed by atoms with van der Waals surface area (Å²) in [6.45, 7) is 6.50. The average Bonchev–Trinajstić information content (AvgIpc) is 2.72. The number of ether oxygens (including phenoxy) is 1. The quantitative estimate of drug-likeness (QED) is 0.636. The number of aromatic nitrogens is 1. The van der Waals surface area contributed by atoms with Crippen molar-refractivity contribution in [2.24, 2.45) is 0 Å². The summed E-state index contributed by atoms with van der Waals surface area (Å²) in [5.74, 6) is -1.41. The largest absolute Gasteiger partial charge is 0.462 e. The van der Waals surface area contributed by atoms with Crippen LogP contribution in [0.4, 0.5) is 13.2 Å². The SMILES string of the molecule is CCOC(=O)c1c(/C=C/C(=O)NCC(F)(F)F)c(C)n(CC)c1C. The molecule has 0 aliphatic rings. The molecule has 24 heavy (non-hydrogen) atoms. The maximum atomic E-state index is 12.2. The number of nitrogens with zero attached hydrogens (tertiary/aromatic N) is 1. The lowest BCUT2D eigenvalue weighted by atomic mass is 10.1. The van der Waals surface area contributed by atoms with Gasteiger partial charge in [0.2, 0.25) is 5.91 Å². The molecular formula is C16H21F3N2O3. The van der Waals surface area contributed by atoms with Gasteiger partial charge in [0.15, 0.2) is 0 Å². The van der Waals surface area contributed by atoms with E-state index in [2.05, 4.69) is 0 Å². The van der Waals surface area contributed by atoms with Gasteiger partial charge >= 0.3 is 12.1 Å². The van der Waals surface area contributed by atoms with Crippen LogP contribution in [0.5, 0.6) is 0 Å². The second-order valence-corrected chi connectivity index (χ2v) is 5.09. The zero-order valence-corrected chi connectivity index (χ0v) is 14.1. The third-order valence-corrected chi connectivity index (χ3v) is 3.49. The first-order chi connectivity index (χ1) is 11.1. The fourth-order valence-electron chi connectivity index (χ4n) is 2.45. The van der Waals surface area contributed by atoms with Crippen molar-refractivity contribution in [2.75, 3.05) is 13.2 Å². The van der Waals surface area contributed by atoms with E-state index in [1.807, 2.05) is 11.5 Å². The van der Waals surface area contributed by atoms with E-state index in [-0.39, 0.29) is 6.61 Å². The van der Waals surface area contributed by atoms with Gasteiger partial charge in [-0.1, -0.05) is 0 Å². The topological polar surface area (TPSA) is 60.3 Å². The Morgan fingerprint density at radius 2 is 1.83 bits per heavy atom. The summed E-state index contributed by atoms with van der Waals surface area (Å²) < 4.78 is 43.2. The normalized spacial score (nSPS) is 11.8. The molecule has 0 radical (unpaired) electrons. The highest BCUT2D eigenvalue weighted by atomic mass is 19.4. The first kappa shape index (κ1) is 19.8. The minimum atomic E-state index is -4.47. The van der Waals surface area contributed by atoms with Gasteiger partial charge in [0.1, 0.15) is 6.54 Å². The van der Waals surface area contributed by atoms with Crippen molar-refractivity contribution in [1.29, 1.82) is 0 Å². The van der Waals surface area contributed by atoms with Crippen LogP contribution >= 0.6 is 0 Å². The maximum absolute atomic E-state index is 12.2. The highest BCUT2D eigenvalue weighted by Gasteiger charge is 2.27. The Labute approximate surface area is 138 Å². The van der Waals surface area contributed by atoms with Crippen LogP contribution in [-0.4, -0.2) is 35.8 Å². The number of esters is 1. The molecule has 0 aliphatic heterocycles. The van der Waals surface area contributed by atoms with Gasteiger partial charge in [-0.05, 0) is 33.8 Å². The van der Waals surface area contributed by atoms with E-state index in [1.54, 1.807) is 26.1 Å². The molecule has 134 valence electrons. The van der Waals surface area contributed by atoms with E-state index in [4.69, 9.17) is 4.74 Å². The van der Waals surface area contributed by atoms with Crippen molar-refractivity contribution in [1.82, 2.24) is 9.88 Å². The Balaban J connectivity index is 3.11. The fourth-order valence-corrected chi connectivity index (χ4v) is 2.45.